The molecule has 250 valence electrons. The zero-order valence-electron chi connectivity index (χ0n) is 29.4. The van der Waals surface area contributed by atoms with Crippen molar-refractivity contribution in [2.45, 2.75) is 162 Å². The molecule has 0 aromatic heterocycles. The van der Waals surface area contributed by atoms with Crippen LogP contribution in [0, 0.1) is 46.3 Å². The molecular weight excluding hydrogens is 524 g/mol. The summed E-state index contributed by atoms with van der Waals surface area (Å²) in [5.74, 6) is 5.38. The van der Waals surface area contributed by atoms with Gasteiger partial charge in [0.2, 0.25) is 0 Å². The first kappa shape index (κ1) is 35.4. The fourth-order valence-electron chi connectivity index (χ4n) is 11.0. The van der Waals surface area contributed by atoms with E-state index in [1.807, 2.05) is 0 Å². The van der Waals surface area contributed by atoms with E-state index < -0.39 is 0 Å². The number of hydrogen-bond acceptors (Lipinski definition) is 4. The Bertz CT molecular complexity index is 839. The highest BCUT2D eigenvalue weighted by atomic mass is 14.9. The van der Waals surface area contributed by atoms with Crippen LogP contribution in [0.3, 0.4) is 0 Å². The predicted molar refractivity (Wildman–Crippen MR) is 187 cm³/mol. The SMILES string of the molecule is CC(C)CCC[C@@H](C)[C@H]1CCC2C3C[C@@H](NCCCCCCN)C4=C[C@@H](NCCCCCCN)CC[C@]4(C)C3CC[C@@]21C. The van der Waals surface area contributed by atoms with Gasteiger partial charge in [-0.1, -0.05) is 85.6 Å². The Balaban J connectivity index is 1.46. The van der Waals surface area contributed by atoms with E-state index in [1.165, 1.54) is 116 Å². The zero-order valence-corrected chi connectivity index (χ0v) is 29.4. The summed E-state index contributed by atoms with van der Waals surface area (Å²) < 4.78 is 0. The largest absolute Gasteiger partial charge is 0.330 e. The lowest BCUT2D eigenvalue weighted by Gasteiger charge is -2.61. The molecule has 0 spiro atoms. The fraction of sp³-hybridized carbons (Fsp3) is 0.949. The lowest BCUT2D eigenvalue weighted by Crippen LogP contribution is -2.57. The molecule has 4 heteroatoms. The minimum atomic E-state index is 0.377. The summed E-state index contributed by atoms with van der Waals surface area (Å²) in [5, 5.41) is 8.16. The second kappa shape index (κ2) is 16.9. The Kier molecular flexibility index (Phi) is 14.0. The van der Waals surface area contributed by atoms with Crippen LogP contribution in [-0.4, -0.2) is 38.3 Å². The lowest BCUT2D eigenvalue weighted by molar-refractivity contribution is -0.0659. The van der Waals surface area contributed by atoms with Crippen LogP contribution in [0.15, 0.2) is 11.6 Å². The molecule has 0 aliphatic heterocycles. The highest BCUT2D eigenvalue weighted by Crippen LogP contribution is 2.67. The average Bonchev–Trinajstić information content (AvgIpc) is 3.34. The van der Waals surface area contributed by atoms with Crippen LogP contribution >= 0.6 is 0 Å². The van der Waals surface area contributed by atoms with Gasteiger partial charge in [-0.15, -0.1) is 0 Å². The maximum Gasteiger partial charge on any atom is 0.0288 e. The molecule has 4 aliphatic rings. The van der Waals surface area contributed by atoms with E-state index in [4.69, 9.17) is 11.5 Å². The van der Waals surface area contributed by atoms with Gasteiger partial charge in [0.1, 0.15) is 0 Å². The zero-order chi connectivity index (χ0) is 30.9. The number of unbranched alkanes of at least 4 members (excludes halogenated alkanes) is 6. The molecule has 43 heavy (non-hydrogen) atoms. The van der Waals surface area contributed by atoms with Crippen LogP contribution in [0.25, 0.3) is 0 Å². The van der Waals surface area contributed by atoms with Crippen LogP contribution in [0.5, 0.6) is 0 Å². The first-order valence-corrected chi connectivity index (χ1v) is 19.3. The monoisotopic (exact) mass is 599 g/mol. The van der Waals surface area contributed by atoms with Crippen LogP contribution in [0.4, 0.5) is 0 Å². The summed E-state index contributed by atoms with van der Waals surface area (Å²) in [5.41, 5.74) is 14.2. The fourth-order valence-corrected chi connectivity index (χ4v) is 11.0. The van der Waals surface area contributed by atoms with E-state index in [-0.39, 0.29) is 0 Å². The van der Waals surface area contributed by atoms with Crippen molar-refractivity contribution in [3.63, 3.8) is 0 Å². The summed E-state index contributed by atoms with van der Waals surface area (Å²) in [4.78, 5) is 0. The van der Waals surface area contributed by atoms with Gasteiger partial charge in [-0.25, -0.2) is 0 Å². The van der Waals surface area contributed by atoms with Crippen LogP contribution in [-0.2, 0) is 0 Å². The summed E-state index contributed by atoms with van der Waals surface area (Å²) in [6.07, 6.45) is 27.1. The standard InChI is InChI=1S/C39H74N4/c1-29(2)15-14-16-30(3)33-17-18-34-32-28-37(43-26-13-9-7-11-24-41)36-27-31(42-25-12-8-6-10-23-40)19-21-39(36,5)35(32)20-22-38(33,34)4/h27,29-35,37,42-43H,6-26,28,40-41H2,1-5H3/t30-,31+,32?,33-,34?,35?,37-,38-,39-/m1/s1. The van der Waals surface area contributed by atoms with E-state index in [1.54, 1.807) is 5.57 Å². The van der Waals surface area contributed by atoms with Gasteiger partial charge in [0.05, 0.1) is 0 Å². The second-order valence-corrected chi connectivity index (χ2v) is 16.7. The number of rotatable bonds is 19. The second-order valence-electron chi connectivity index (χ2n) is 16.7. The molecule has 0 amide bonds. The number of fused-ring (bicyclic) bond motifs is 5. The quantitative estimate of drug-likeness (QED) is 0.0887. The molecule has 0 heterocycles. The summed E-state index contributed by atoms with van der Waals surface area (Å²) in [6.45, 7) is 16.9. The Labute approximate surface area is 268 Å². The van der Waals surface area contributed by atoms with Crippen molar-refractivity contribution < 1.29 is 0 Å². The van der Waals surface area contributed by atoms with E-state index in [0.717, 1.165) is 61.7 Å². The molecule has 3 fully saturated rings. The minimum Gasteiger partial charge on any atom is -0.330 e. The van der Waals surface area contributed by atoms with Gasteiger partial charge in [0.15, 0.2) is 0 Å². The summed E-state index contributed by atoms with van der Waals surface area (Å²) >= 11 is 0. The molecule has 9 atom stereocenters. The predicted octanol–water partition coefficient (Wildman–Crippen LogP) is 8.59. The first-order chi connectivity index (χ1) is 20.7. The van der Waals surface area contributed by atoms with Crippen LogP contribution < -0.4 is 22.1 Å². The number of nitrogens with one attached hydrogen (secondary N) is 2. The Morgan fingerprint density at radius 2 is 1.42 bits per heavy atom. The van der Waals surface area contributed by atoms with Gasteiger partial charge >= 0.3 is 0 Å². The third kappa shape index (κ3) is 8.69. The molecule has 4 aliphatic carbocycles. The summed E-state index contributed by atoms with van der Waals surface area (Å²) in [7, 11) is 0. The summed E-state index contributed by atoms with van der Waals surface area (Å²) in [6, 6.07) is 1.12. The molecule has 3 saturated carbocycles. The van der Waals surface area contributed by atoms with E-state index in [9.17, 15) is 0 Å². The maximum absolute atomic E-state index is 5.77. The average molecular weight is 599 g/mol. The van der Waals surface area contributed by atoms with Crippen molar-refractivity contribution in [3.8, 4) is 0 Å². The molecule has 6 N–H and O–H groups in total. The molecule has 0 bridgehead atoms. The maximum atomic E-state index is 5.77. The van der Waals surface area contributed by atoms with Gasteiger partial charge in [0.25, 0.3) is 0 Å². The molecule has 0 saturated heterocycles. The minimum absolute atomic E-state index is 0.377. The normalized spacial score (nSPS) is 36.2. The highest BCUT2D eigenvalue weighted by Gasteiger charge is 2.60. The molecule has 4 rings (SSSR count). The number of hydrogen-bond donors (Lipinski definition) is 4. The van der Waals surface area contributed by atoms with Gasteiger partial charge in [-0.05, 0) is 149 Å². The Hall–Kier alpha value is -0.420. The molecule has 3 unspecified atom stereocenters. The molecule has 0 aromatic carbocycles. The van der Waals surface area contributed by atoms with Gasteiger partial charge in [0, 0.05) is 12.1 Å². The molecule has 0 aromatic rings. The van der Waals surface area contributed by atoms with E-state index in [2.05, 4.69) is 51.3 Å². The lowest BCUT2D eigenvalue weighted by atomic mass is 9.45. The highest BCUT2D eigenvalue weighted by molar-refractivity contribution is 5.31. The van der Waals surface area contributed by atoms with Crippen molar-refractivity contribution in [1.82, 2.24) is 10.6 Å². The molecular formula is C39H74N4. The topological polar surface area (TPSA) is 76.1 Å². The molecule has 0 radical (unpaired) electrons. The van der Waals surface area contributed by atoms with Crippen LogP contribution in [0.1, 0.15) is 150 Å². The Morgan fingerprint density at radius 1 is 0.744 bits per heavy atom. The number of nitrogens with two attached hydrogens (primary N) is 2. The van der Waals surface area contributed by atoms with Gasteiger partial charge in [-0.2, -0.15) is 0 Å². The van der Waals surface area contributed by atoms with Crippen molar-refractivity contribution in [2.24, 2.45) is 57.8 Å². The third-order valence-corrected chi connectivity index (χ3v) is 13.4. The van der Waals surface area contributed by atoms with Gasteiger partial charge < -0.3 is 22.1 Å². The van der Waals surface area contributed by atoms with Gasteiger partial charge in [-0.3, -0.25) is 0 Å². The molecule has 4 nitrogen and oxygen atoms in total. The van der Waals surface area contributed by atoms with Crippen molar-refractivity contribution in [1.29, 1.82) is 0 Å². The Morgan fingerprint density at radius 3 is 2.09 bits per heavy atom. The first-order valence-electron chi connectivity index (χ1n) is 19.3. The van der Waals surface area contributed by atoms with Crippen molar-refractivity contribution >= 4 is 0 Å². The van der Waals surface area contributed by atoms with Crippen molar-refractivity contribution in [3.05, 3.63) is 11.6 Å². The van der Waals surface area contributed by atoms with E-state index >= 15 is 0 Å². The van der Waals surface area contributed by atoms with E-state index in [0.29, 0.717) is 22.9 Å². The van der Waals surface area contributed by atoms with Crippen molar-refractivity contribution in [2.75, 3.05) is 26.2 Å². The third-order valence-electron chi connectivity index (χ3n) is 13.4. The smallest absolute Gasteiger partial charge is 0.0288 e. The van der Waals surface area contributed by atoms with Crippen LogP contribution in [0.2, 0.25) is 0 Å².